The molecule has 3 rings (SSSR count). The van der Waals surface area contributed by atoms with E-state index in [1.54, 1.807) is 12.1 Å². The number of H-pyrrole nitrogens is 1. The zero-order valence-electron chi connectivity index (χ0n) is 13.9. The molecule has 1 aliphatic heterocycles. The molecule has 25 heavy (non-hydrogen) atoms. The van der Waals surface area contributed by atoms with Gasteiger partial charge >= 0.3 is 0 Å². The van der Waals surface area contributed by atoms with Crippen LogP contribution >= 0.6 is 0 Å². The number of aromatic nitrogens is 2. The normalized spacial score (nSPS) is 15.0. The third-order valence-corrected chi connectivity index (χ3v) is 5.03. The summed E-state index contributed by atoms with van der Waals surface area (Å²) in [5.74, 6) is 0.0667. The monoisotopic (exact) mass is 367 g/mol. The van der Waals surface area contributed by atoms with Crippen molar-refractivity contribution in [2.75, 3.05) is 19.9 Å². The fourth-order valence-electron chi connectivity index (χ4n) is 2.81. The average molecular weight is 367 g/mol. The number of halogens is 1. The summed E-state index contributed by atoms with van der Waals surface area (Å²) in [5, 5.41) is -0.339. The standard InChI is InChI=1S/C16H18FN3O4S/c1-24-11-4-3-10(13(17)7-11)8-20-6-5-12-14(9-20)18-16(19-15(12)21)25(2,22)23/h3-4,7H,5-6,8-9H2,1-2H3,(H,18,19,21). The third-order valence-electron chi connectivity index (χ3n) is 4.14. The molecule has 1 aliphatic rings. The molecule has 7 nitrogen and oxygen atoms in total. The highest BCUT2D eigenvalue weighted by molar-refractivity contribution is 7.90. The maximum absolute atomic E-state index is 14.1. The van der Waals surface area contributed by atoms with Gasteiger partial charge in [-0.1, -0.05) is 6.07 Å². The molecule has 0 unspecified atom stereocenters. The molecule has 0 atom stereocenters. The van der Waals surface area contributed by atoms with E-state index in [9.17, 15) is 17.6 Å². The fraction of sp³-hybridized carbons (Fsp3) is 0.375. The van der Waals surface area contributed by atoms with Gasteiger partial charge in [0, 0.05) is 43.1 Å². The van der Waals surface area contributed by atoms with Gasteiger partial charge in [0.25, 0.3) is 5.56 Å². The largest absolute Gasteiger partial charge is 0.497 e. The minimum absolute atomic E-state index is 0.285. The lowest BCUT2D eigenvalue weighted by Gasteiger charge is -2.27. The van der Waals surface area contributed by atoms with E-state index < -0.39 is 15.4 Å². The number of benzene rings is 1. The quantitative estimate of drug-likeness (QED) is 0.807. The number of nitrogens with zero attached hydrogens (tertiary/aromatic N) is 2. The number of sulfone groups is 1. The van der Waals surface area contributed by atoms with Crippen molar-refractivity contribution in [3.63, 3.8) is 0 Å². The highest BCUT2D eigenvalue weighted by atomic mass is 32.2. The summed E-state index contributed by atoms with van der Waals surface area (Å²) in [6, 6.07) is 4.65. The first kappa shape index (κ1) is 17.6. The van der Waals surface area contributed by atoms with Crippen LogP contribution in [0.25, 0.3) is 0 Å². The second-order valence-corrected chi connectivity index (χ2v) is 7.92. The minimum Gasteiger partial charge on any atom is -0.497 e. The number of rotatable bonds is 4. The van der Waals surface area contributed by atoms with Crippen LogP contribution in [0.2, 0.25) is 0 Å². The zero-order valence-corrected chi connectivity index (χ0v) is 14.7. The zero-order chi connectivity index (χ0) is 18.2. The van der Waals surface area contributed by atoms with Crippen LogP contribution in [-0.4, -0.2) is 43.2 Å². The Bertz CT molecular complexity index is 972. The molecule has 0 fully saturated rings. The van der Waals surface area contributed by atoms with Crippen molar-refractivity contribution in [1.82, 2.24) is 14.9 Å². The Morgan fingerprint density at radius 1 is 1.40 bits per heavy atom. The van der Waals surface area contributed by atoms with E-state index in [0.29, 0.717) is 42.1 Å². The van der Waals surface area contributed by atoms with Crippen LogP contribution in [-0.2, 0) is 29.3 Å². The van der Waals surface area contributed by atoms with Crippen molar-refractivity contribution in [2.24, 2.45) is 0 Å². The molecule has 2 heterocycles. The summed E-state index contributed by atoms with van der Waals surface area (Å²) in [5.41, 5.74) is 0.973. The van der Waals surface area contributed by atoms with Crippen LogP contribution in [0.3, 0.4) is 0 Å². The molecule has 1 aromatic carbocycles. The summed E-state index contributed by atoms with van der Waals surface area (Å²) in [6.07, 6.45) is 1.42. The molecule has 0 saturated heterocycles. The molecule has 134 valence electrons. The first-order valence-corrected chi connectivity index (χ1v) is 9.54. The molecule has 1 aromatic heterocycles. The number of nitrogens with one attached hydrogen (secondary N) is 1. The molecule has 1 N–H and O–H groups in total. The Kier molecular flexibility index (Phi) is 4.61. The van der Waals surface area contributed by atoms with E-state index in [1.165, 1.54) is 13.2 Å². The number of fused-ring (bicyclic) bond motifs is 1. The number of ether oxygens (including phenoxy) is 1. The Morgan fingerprint density at radius 2 is 2.16 bits per heavy atom. The Labute approximate surface area is 144 Å². The van der Waals surface area contributed by atoms with Crippen molar-refractivity contribution in [3.05, 3.63) is 51.2 Å². The molecule has 0 amide bonds. The molecule has 0 spiro atoms. The van der Waals surface area contributed by atoms with Crippen LogP contribution in [0.1, 0.15) is 16.8 Å². The molecule has 9 heteroatoms. The second-order valence-electron chi connectivity index (χ2n) is 5.99. The van der Waals surface area contributed by atoms with Crippen LogP contribution < -0.4 is 10.3 Å². The van der Waals surface area contributed by atoms with Gasteiger partial charge in [0.1, 0.15) is 11.6 Å². The summed E-state index contributed by atoms with van der Waals surface area (Å²) in [7, 11) is -2.14. The first-order valence-electron chi connectivity index (χ1n) is 7.65. The summed E-state index contributed by atoms with van der Waals surface area (Å²) >= 11 is 0. The summed E-state index contributed by atoms with van der Waals surface area (Å²) < 4.78 is 42.4. The third kappa shape index (κ3) is 3.72. The first-order chi connectivity index (χ1) is 11.8. The van der Waals surface area contributed by atoms with Crippen molar-refractivity contribution >= 4 is 9.84 Å². The molecule has 0 radical (unpaired) electrons. The summed E-state index contributed by atoms with van der Waals surface area (Å²) in [6.45, 7) is 1.17. The fourth-order valence-corrected chi connectivity index (χ4v) is 3.36. The molecular formula is C16H18FN3O4S. The van der Waals surface area contributed by atoms with E-state index in [2.05, 4.69) is 9.97 Å². The van der Waals surface area contributed by atoms with Gasteiger partial charge in [-0.3, -0.25) is 14.7 Å². The van der Waals surface area contributed by atoms with Crippen LogP contribution in [0.5, 0.6) is 5.75 Å². The topological polar surface area (TPSA) is 92.4 Å². The lowest BCUT2D eigenvalue weighted by Crippen LogP contribution is -2.35. The molecule has 0 bridgehead atoms. The average Bonchev–Trinajstić information content (AvgIpc) is 2.55. The minimum atomic E-state index is -3.61. The Hall–Kier alpha value is -2.26. The maximum Gasteiger partial charge on any atom is 0.255 e. The second kappa shape index (κ2) is 6.57. The van der Waals surface area contributed by atoms with Crippen molar-refractivity contribution < 1.29 is 17.5 Å². The smallest absolute Gasteiger partial charge is 0.255 e. The van der Waals surface area contributed by atoms with Crippen LogP contribution in [0.15, 0.2) is 28.2 Å². The van der Waals surface area contributed by atoms with Gasteiger partial charge < -0.3 is 4.74 Å². The lowest BCUT2D eigenvalue weighted by atomic mass is 10.1. The molecular weight excluding hydrogens is 349 g/mol. The van der Waals surface area contributed by atoms with E-state index in [1.807, 2.05) is 4.90 Å². The Morgan fingerprint density at radius 3 is 2.80 bits per heavy atom. The van der Waals surface area contributed by atoms with Gasteiger partial charge in [-0.15, -0.1) is 0 Å². The Balaban J connectivity index is 1.86. The van der Waals surface area contributed by atoms with Crippen molar-refractivity contribution in [2.45, 2.75) is 24.7 Å². The molecule has 2 aromatic rings. The number of methoxy groups -OCH3 is 1. The van der Waals surface area contributed by atoms with Crippen molar-refractivity contribution in [1.29, 1.82) is 0 Å². The lowest BCUT2D eigenvalue weighted by molar-refractivity contribution is 0.236. The SMILES string of the molecule is COc1ccc(CN2CCc3c(nc(S(C)(=O)=O)[nH]c3=O)C2)c(F)c1. The number of aromatic amines is 1. The highest BCUT2D eigenvalue weighted by Gasteiger charge is 2.24. The predicted octanol–water partition coefficient (Wildman–Crippen LogP) is 0.879. The summed E-state index contributed by atoms with van der Waals surface area (Å²) in [4.78, 5) is 20.4. The van der Waals surface area contributed by atoms with E-state index in [-0.39, 0.29) is 17.5 Å². The van der Waals surface area contributed by atoms with Crippen molar-refractivity contribution in [3.8, 4) is 5.75 Å². The predicted molar refractivity (Wildman–Crippen MR) is 88.7 cm³/mol. The van der Waals surface area contributed by atoms with Crippen LogP contribution in [0.4, 0.5) is 4.39 Å². The highest BCUT2D eigenvalue weighted by Crippen LogP contribution is 2.21. The maximum atomic E-state index is 14.1. The van der Waals surface area contributed by atoms with Gasteiger partial charge in [-0.2, -0.15) is 0 Å². The number of hydrogen-bond acceptors (Lipinski definition) is 6. The van der Waals surface area contributed by atoms with Gasteiger partial charge in [-0.05, 0) is 12.5 Å². The van der Waals surface area contributed by atoms with E-state index in [0.717, 1.165) is 6.26 Å². The van der Waals surface area contributed by atoms with E-state index in [4.69, 9.17) is 4.74 Å². The van der Waals surface area contributed by atoms with Gasteiger partial charge in [0.15, 0.2) is 0 Å². The van der Waals surface area contributed by atoms with Crippen LogP contribution in [0, 0.1) is 5.82 Å². The molecule has 0 saturated carbocycles. The number of hydrogen-bond donors (Lipinski definition) is 1. The van der Waals surface area contributed by atoms with Gasteiger partial charge in [0.05, 0.1) is 12.8 Å². The molecule has 0 aliphatic carbocycles. The van der Waals surface area contributed by atoms with Gasteiger partial charge in [-0.25, -0.2) is 17.8 Å². The van der Waals surface area contributed by atoms with E-state index >= 15 is 0 Å². The van der Waals surface area contributed by atoms with Gasteiger partial charge in [0.2, 0.25) is 15.0 Å².